The Labute approximate surface area is 76.5 Å². The molecule has 0 saturated carbocycles. The zero-order valence-corrected chi connectivity index (χ0v) is 7.75. The quantitative estimate of drug-likeness (QED) is 0.536. The number of primary amides is 1. The molecule has 1 fully saturated rings. The third-order valence-electron chi connectivity index (χ3n) is 1.61. The maximum Gasteiger partial charge on any atom is 0.350 e. The molecule has 1 aliphatic rings. The summed E-state index contributed by atoms with van der Waals surface area (Å²) in [4.78, 5) is 10.3. The first-order chi connectivity index (χ1) is 6.02. The van der Waals surface area contributed by atoms with Gasteiger partial charge >= 0.3 is 16.2 Å². The Kier molecular flexibility index (Phi) is 3.07. The van der Waals surface area contributed by atoms with Gasteiger partial charge in [0.05, 0.1) is 0 Å². The van der Waals surface area contributed by atoms with Gasteiger partial charge < -0.3 is 11.1 Å². The lowest BCUT2D eigenvalue weighted by molar-refractivity contribution is 0.252. The lowest BCUT2D eigenvalue weighted by Crippen LogP contribution is -2.50. The molecule has 75 valence electrons. The zero-order valence-electron chi connectivity index (χ0n) is 6.93. The van der Waals surface area contributed by atoms with Gasteiger partial charge in [0.2, 0.25) is 0 Å². The first-order valence-corrected chi connectivity index (χ1v) is 5.15. The number of hydrogen-bond acceptors (Lipinski definition) is 4. The van der Waals surface area contributed by atoms with Gasteiger partial charge in [0.15, 0.2) is 0 Å². The highest BCUT2D eigenvalue weighted by Gasteiger charge is 2.26. The molecule has 0 unspecified atom stereocenters. The van der Waals surface area contributed by atoms with Gasteiger partial charge in [-0.2, -0.15) is 12.7 Å². The normalized spacial score (nSPS) is 19.7. The minimum atomic E-state index is -3.84. The van der Waals surface area contributed by atoms with Crippen LogP contribution in [0.25, 0.3) is 0 Å². The van der Waals surface area contributed by atoms with Gasteiger partial charge in [0.1, 0.15) is 0 Å². The molecular formula is C5H11N4O3S. The summed E-state index contributed by atoms with van der Waals surface area (Å²) in [6.07, 6.45) is 0. The number of hydrogen-bond donors (Lipinski definition) is 2. The highest BCUT2D eigenvalue weighted by molar-refractivity contribution is 7.87. The molecule has 0 aromatic rings. The molecular weight excluding hydrogens is 196 g/mol. The standard InChI is InChI=1S/C5H11N4O3S/c6-5(10)8-13(11,12)9-3-1-7-2-4-9/h7H,1-4H2,(H2,6,10). The minimum absolute atomic E-state index is 0.319. The van der Waals surface area contributed by atoms with E-state index in [9.17, 15) is 13.2 Å². The number of urea groups is 1. The fraction of sp³-hybridized carbons (Fsp3) is 0.800. The van der Waals surface area contributed by atoms with Gasteiger partial charge in [0.25, 0.3) is 0 Å². The molecule has 1 aliphatic heterocycles. The van der Waals surface area contributed by atoms with Crippen LogP contribution >= 0.6 is 0 Å². The third kappa shape index (κ3) is 2.83. The van der Waals surface area contributed by atoms with Crippen molar-refractivity contribution in [2.24, 2.45) is 5.73 Å². The van der Waals surface area contributed by atoms with Crippen LogP contribution in [0, 0.1) is 0 Å². The number of nitrogens with zero attached hydrogens (tertiary/aromatic N) is 2. The van der Waals surface area contributed by atoms with Crippen LogP contribution in [-0.2, 0) is 10.2 Å². The molecule has 1 heterocycles. The van der Waals surface area contributed by atoms with E-state index in [-0.39, 0.29) is 0 Å². The van der Waals surface area contributed by atoms with Crippen molar-refractivity contribution in [1.82, 2.24) is 14.3 Å². The number of amides is 2. The van der Waals surface area contributed by atoms with Crippen LogP contribution in [0.4, 0.5) is 4.79 Å². The first-order valence-electron chi connectivity index (χ1n) is 3.75. The van der Waals surface area contributed by atoms with Crippen molar-refractivity contribution in [3.8, 4) is 0 Å². The summed E-state index contributed by atoms with van der Waals surface area (Å²) in [5.74, 6) is 0. The van der Waals surface area contributed by atoms with Crippen LogP contribution in [0.1, 0.15) is 0 Å². The molecule has 1 radical (unpaired) electrons. The van der Waals surface area contributed by atoms with Gasteiger partial charge in [0, 0.05) is 26.2 Å². The number of piperazine rings is 1. The van der Waals surface area contributed by atoms with Crippen molar-refractivity contribution >= 4 is 16.2 Å². The molecule has 0 aliphatic carbocycles. The number of carbonyl (C=O) groups excluding carboxylic acids is 1. The average molecular weight is 207 g/mol. The summed E-state index contributed by atoms with van der Waals surface area (Å²) in [6.45, 7) is 1.76. The molecule has 0 atom stereocenters. The van der Waals surface area contributed by atoms with Gasteiger partial charge in [-0.25, -0.2) is 4.79 Å². The predicted octanol–water partition coefficient (Wildman–Crippen LogP) is -2.18. The molecule has 8 heteroatoms. The highest BCUT2D eigenvalue weighted by atomic mass is 32.2. The van der Waals surface area contributed by atoms with Crippen LogP contribution in [0.2, 0.25) is 0 Å². The van der Waals surface area contributed by atoms with Crippen LogP contribution in [0.5, 0.6) is 0 Å². The zero-order chi connectivity index (χ0) is 9.90. The van der Waals surface area contributed by atoms with Crippen molar-refractivity contribution in [3.63, 3.8) is 0 Å². The molecule has 0 aromatic heterocycles. The molecule has 3 N–H and O–H groups in total. The lowest BCUT2D eigenvalue weighted by atomic mass is 10.4. The van der Waals surface area contributed by atoms with Crippen molar-refractivity contribution in [1.29, 1.82) is 0 Å². The SMILES string of the molecule is NC(=O)[N]S(=O)(=O)N1CCNCC1. The highest BCUT2D eigenvalue weighted by Crippen LogP contribution is 2.00. The second kappa shape index (κ2) is 3.90. The summed E-state index contributed by atoms with van der Waals surface area (Å²) in [6, 6.07) is -1.18. The molecule has 13 heavy (non-hydrogen) atoms. The molecule has 7 nitrogen and oxygen atoms in total. The van der Waals surface area contributed by atoms with Gasteiger partial charge in [-0.1, -0.05) is 4.72 Å². The summed E-state index contributed by atoms with van der Waals surface area (Å²) < 4.78 is 26.4. The smallest absolute Gasteiger partial charge is 0.349 e. The summed E-state index contributed by atoms with van der Waals surface area (Å²) in [7, 11) is -3.84. The lowest BCUT2D eigenvalue weighted by Gasteiger charge is -2.24. The van der Waals surface area contributed by atoms with Gasteiger partial charge in [-0.15, -0.1) is 0 Å². The summed E-state index contributed by atoms with van der Waals surface area (Å²) >= 11 is 0. The third-order valence-corrected chi connectivity index (χ3v) is 3.04. The number of nitrogens with one attached hydrogen (secondary N) is 1. The molecule has 1 saturated heterocycles. The van der Waals surface area contributed by atoms with Crippen LogP contribution in [-0.4, -0.2) is 44.9 Å². The second-order valence-electron chi connectivity index (χ2n) is 2.56. The van der Waals surface area contributed by atoms with E-state index in [1.807, 2.05) is 0 Å². The van der Waals surface area contributed by atoms with Crippen LogP contribution in [0.15, 0.2) is 0 Å². The largest absolute Gasteiger partial charge is 0.350 e. The van der Waals surface area contributed by atoms with E-state index < -0.39 is 16.2 Å². The van der Waals surface area contributed by atoms with Crippen molar-refractivity contribution in [3.05, 3.63) is 0 Å². The van der Waals surface area contributed by atoms with E-state index in [1.165, 1.54) is 0 Å². The van der Waals surface area contributed by atoms with Crippen molar-refractivity contribution in [2.75, 3.05) is 26.2 Å². The Morgan fingerprint density at radius 1 is 1.38 bits per heavy atom. The summed E-state index contributed by atoms with van der Waals surface area (Å²) in [5, 5.41) is 2.98. The Hall–Kier alpha value is -0.860. The van der Waals surface area contributed by atoms with Crippen molar-refractivity contribution < 1.29 is 13.2 Å². The minimum Gasteiger partial charge on any atom is -0.349 e. The Bertz CT molecular complexity index is 282. The van der Waals surface area contributed by atoms with E-state index >= 15 is 0 Å². The van der Waals surface area contributed by atoms with E-state index in [0.29, 0.717) is 26.2 Å². The predicted molar refractivity (Wildman–Crippen MR) is 45.1 cm³/mol. The number of nitrogens with two attached hydrogens (primary N) is 1. The van der Waals surface area contributed by atoms with E-state index in [4.69, 9.17) is 0 Å². The second-order valence-corrected chi connectivity index (χ2v) is 4.15. The molecule has 0 spiro atoms. The fourth-order valence-corrected chi connectivity index (χ4v) is 2.03. The van der Waals surface area contributed by atoms with Gasteiger partial charge in [-0.05, 0) is 0 Å². The topological polar surface area (TPSA) is 107 Å². The average Bonchev–Trinajstić information content (AvgIpc) is 2.04. The monoisotopic (exact) mass is 207 g/mol. The van der Waals surface area contributed by atoms with E-state index in [2.05, 4.69) is 15.8 Å². The van der Waals surface area contributed by atoms with Crippen LogP contribution < -0.4 is 15.8 Å². The number of carbonyl (C=O) groups is 1. The molecule has 1 rings (SSSR count). The molecule has 0 aromatic carbocycles. The first kappa shape index (κ1) is 10.2. The Balaban J connectivity index is 2.62. The van der Waals surface area contributed by atoms with Gasteiger partial charge in [-0.3, -0.25) is 0 Å². The number of rotatable bonds is 2. The molecule has 2 amide bonds. The molecule has 0 bridgehead atoms. The van der Waals surface area contributed by atoms with E-state index in [0.717, 1.165) is 4.31 Å². The Morgan fingerprint density at radius 3 is 2.38 bits per heavy atom. The maximum absolute atomic E-state index is 11.2. The van der Waals surface area contributed by atoms with E-state index in [1.54, 1.807) is 0 Å². The van der Waals surface area contributed by atoms with Crippen LogP contribution in [0.3, 0.4) is 0 Å². The Morgan fingerprint density at radius 2 is 1.92 bits per heavy atom. The maximum atomic E-state index is 11.2. The summed E-state index contributed by atoms with van der Waals surface area (Å²) in [5.41, 5.74) is 4.66. The fourth-order valence-electron chi connectivity index (χ4n) is 1.05. The van der Waals surface area contributed by atoms with Crippen molar-refractivity contribution in [2.45, 2.75) is 0 Å².